The lowest BCUT2D eigenvalue weighted by Gasteiger charge is -2.18. The fraction of sp³-hybridized carbons (Fsp3) is 0.818. The molecule has 0 aromatic carbocycles. The van der Waals surface area contributed by atoms with E-state index in [9.17, 15) is 9.59 Å². The summed E-state index contributed by atoms with van der Waals surface area (Å²) in [5, 5.41) is 0. The molecule has 0 radical (unpaired) electrons. The Hall–Kier alpha value is -0.860. The van der Waals surface area contributed by atoms with Gasteiger partial charge in [-0.1, -0.05) is 6.92 Å². The van der Waals surface area contributed by atoms with Crippen LogP contribution in [0.4, 0.5) is 0 Å². The summed E-state index contributed by atoms with van der Waals surface area (Å²) in [5.74, 6) is 1.44. The second-order valence-corrected chi connectivity index (χ2v) is 4.52. The van der Waals surface area contributed by atoms with Crippen molar-refractivity contribution >= 4 is 12.3 Å². The Kier molecular flexibility index (Phi) is 2.57. The number of carbonyl (C=O) groups is 2. The molecule has 78 valence electrons. The molecule has 1 saturated heterocycles. The van der Waals surface area contributed by atoms with Gasteiger partial charge in [0.2, 0.25) is 0 Å². The monoisotopic (exact) mass is 196 g/mol. The van der Waals surface area contributed by atoms with Crippen LogP contribution in [0.25, 0.3) is 0 Å². The van der Waals surface area contributed by atoms with Crippen molar-refractivity contribution in [2.75, 3.05) is 0 Å². The number of aldehydes is 1. The van der Waals surface area contributed by atoms with Crippen LogP contribution in [-0.2, 0) is 14.3 Å². The lowest BCUT2D eigenvalue weighted by molar-refractivity contribution is -0.141. The zero-order valence-electron chi connectivity index (χ0n) is 8.44. The summed E-state index contributed by atoms with van der Waals surface area (Å²) in [5.41, 5.74) is 0. The number of esters is 1. The Balaban J connectivity index is 2.00. The Morgan fingerprint density at radius 1 is 1.57 bits per heavy atom. The average molecular weight is 196 g/mol. The van der Waals surface area contributed by atoms with Crippen molar-refractivity contribution in [3.63, 3.8) is 0 Å². The van der Waals surface area contributed by atoms with Gasteiger partial charge in [0, 0.05) is 12.3 Å². The van der Waals surface area contributed by atoms with Gasteiger partial charge in [0.25, 0.3) is 0 Å². The van der Waals surface area contributed by atoms with Crippen molar-refractivity contribution in [1.82, 2.24) is 0 Å². The quantitative estimate of drug-likeness (QED) is 0.508. The van der Waals surface area contributed by atoms with Gasteiger partial charge in [0.05, 0.1) is 6.42 Å². The van der Waals surface area contributed by atoms with E-state index in [4.69, 9.17) is 4.74 Å². The van der Waals surface area contributed by atoms with E-state index < -0.39 is 0 Å². The summed E-state index contributed by atoms with van der Waals surface area (Å²) in [6.07, 6.45) is 4.21. The number of rotatable bonds is 3. The SMILES string of the molecule is C[C@@H]1C[C@@H]2OC(=O)C[C@@H]2[C@H]1CCC=O. The molecule has 3 nitrogen and oxygen atoms in total. The predicted octanol–water partition coefficient (Wildman–Crippen LogP) is 1.55. The summed E-state index contributed by atoms with van der Waals surface area (Å²) >= 11 is 0. The van der Waals surface area contributed by atoms with Gasteiger partial charge in [-0.15, -0.1) is 0 Å². The van der Waals surface area contributed by atoms with Crippen LogP contribution < -0.4 is 0 Å². The Bertz CT molecular complexity index is 249. The van der Waals surface area contributed by atoms with Gasteiger partial charge in [0.15, 0.2) is 0 Å². The molecule has 4 atom stereocenters. The fourth-order valence-corrected chi connectivity index (χ4v) is 3.00. The molecule has 0 aromatic heterocycles. The zero-order valence-corrected chi connectivity index (χ0v) is 8.44. The van der Waals surface area contributed by atoms with E-state index >= 15 is 0 Å². The normalized spacial score (nSPS) is 40.8. The molecule has 1 aliphatic heterocycles. The topological polar surface area (TPSA) is 43.4 Å². The Labute approximate surface area is 83.8 Å². The summed E-state index contributed by atoms with van der Waals surface area (Å²) in [6.45, 7) is 2.20. The number of hydrogen-bond donors (Lipinski definition) is 0. The first-order valence-corrected chi connectivity index (χ1v) is 5.35. The van der Waals surface area contributed by atoms with E-state index in [1.165, 1.54) is 0 Å². The molecule has 14 heavy (non-hydrogen) atoms. The van der Waals surface area contributed by atoms with Gasteiger partial charge in [-0.3, -0.25) is 4.79 Å². The number of carbonyl (C=O) groups excluding carboxylic acids is 2. The van der Waals surface area contributed by atoms with Crippen LogP contribution in [0.3, 0.4) is 0 Å². The van der Waals surface area contributed by atoms with E-state index in [2.05, 4.69) is 6.92 Å². The van der Waals surface area contributed by atoms with Crippen molar-refractivity contribution in [3.05, 3.63) is 0 Å². The van der Waals surface area contributed by atoms with Gasteiger partial charge >= 0.3 is 5.97 Å². The van der Waals surface area contributed by atoms with Crippen LogP contribution >= 0.6 is 0 Å². The summed E-state index contributed by atoms with van der Waals surface area (Å²) in [6, 6.07) is 0. The van der Waals surface area contributed by atoms with E-state index in [-0.39, 0.29) is 12.1 Å². The molecular weight excluding hydrogens is 180 g/mol. The standard InChI is InChI=1S/C11H16O3/c1-7-5-10-9(6-11(13)14-10)8(7)3-2-4-12/h4,7-10H,2-3,5-6H2,1H3/t7-,8+,9-,10+/m1/s1. The van der Waals surface area contributed by atoms with Crippen LogP contribution in [0.1, 0.15) is 32.6 Å². The highest BCUT2D eigenvalue weighted by Gasteiger charge is 2.47. The van der Waals surface area contributed by atoms with Gasteiger partial charge in [-0.05, 0) is 24.7 Å². The van der Waals surface area contributed by atoms with Gasteiger partial charge < -0.3 is 9.53 Å². The molecule has 2 aliphatic rings. The van der Waals surface area contributed by atoms with Crippen molar-refractivity contribution in [1.29, 1.82) is 0 Å². The van der Waals surface area contributed by atoms with Crippen LogP contribution in [0.15, 0.2) is 0 Å². The molecule has 0 N–H and O–H groups in total. The lowest BCUT2D eigenvalue weighted by Crippen LogP contribution is -2.15. The second kappa shape index (κ2) is 3.71. The average Bonchev–Trinajstić information content (AvgIpc) is 2.58. The minimum absolute atomic E-state index is 0.0528. The molecule has 2 rings (SSSR count). The first kappa shape index (κ1) is 9.69. The third kappa shape index (κ3) is 1.56. The largest absolute Gasteiger partial charge is 0.462 e. The molecule has 0 bridgehead atoms. The van der Waals surface area contributed by atoms with Crippen molar-refractivity contribution in [2.24, 2.45) is 17.8 Å². The molecule has 2 fully saturated rings. The second-order valence-electron chi connectivity index (χ2n) is 4.52. The van der Waals surface area contributed by atoms with E-state index in [1.54, 1.807) is 0 Å². The number of ether oxygens (including phenoxy) is 1. The summed E-state index contributed by atoms with van der Waals surface area (Å²) < 4.78 is 5.24. The zero-order chi connectivity index (χ0) is 10.1. The maximum absolute atomic E-state index is 11.1. The van der Waals surface area contributed by atoms with Crippen molar-refractivity contribution in [3.8, 4) is 0 Å². The summed E-state index contributed by atoms with van der Waals surface area (Å²) in [7, 11) is 0. The molecule has 0 spiro atoms. The van der Waals surface area contributed by atoms with Crippen LogP contribution in [0.2, 0.25) is 0 Å². The number of fused-ring (bicyclic) bond motifs is 1. The highest BCUT2D eigenvalue weighted by molar-refractivity contribution is 5.72. The van der Waals surface area contributed by atoms with Crippen LogP contribution in [0, 0.1) is 17.8 Å². The van der Waals surface area contributed by atoms with Crippen LogP contribution in [-0.4, -0.2) is 18.4 Å². The Morgan fingerprint density at radius 3 is 3.07 bits per heavy atom. The van der Waals surface area contributed by atoms with Crippen molar-refractivity contribution in [2.45, 2.75) is 38.7 Å². The summed E-state index contributed by atoms with van der Waals surface area (Å²) in [4.78, 5) is 21.4. The maximum Gasteiger partial charge on any atom is 0.306 e. The first-order chi connectivity index (χ1) is 6.72. The Morgan fingerprint density at radius 2 is 2.36 bits per heavy atom. The molecule has 1 heterocycles. The smallest absolute Gasteiger partial charge is 0.306 e. The third-order valence-corrected chi connectivity index (χ3v) is 3.67. The van der Waals surface area contributed by atoms with E-state index in [1.807, 2.05) is 0 Å². The van der Waals surface area contributed by atoms with Gasteiger partial charge in [-0.25, -0.2) is 0 Å². The van der Waals surface area contributed by atoms with E-state index in [0.717, 1.165) is 19.1 Å². The third-order valence-electron chi connectivity index (χ3n) is 3.67. The minimum Gasteiger partial charge on any atom is -0.462 e. The molecule has 0 unspecified atom stereocenters. The highest BCUT2D eigenvalue weighted by atomic mass is 16.6. The molecule has 1 aliphatic carbocycles. The highest BCUT2D eigenvalue weighted by Crippen LogP contribution is 2.46. The van der Waals surface area contributed by atoms with Gasteiger partial charge in [-0.2, -0.15) is 0 Å². The van der Waals surface area contributed by atoms with Crippen LogP contribution in [0.5, 0.6) is 0 Å². The molecule has 3 heteroatoms. The first-order valence-electron chi connectivity index (χ1n) is 5.35. The maximum atomic E-state index is 11.1. The van der Waals surface area contributed by atoms with E-state index in [0.29, 0.717) is 30.6 Å². The lowest BCUT2D eigenvalue weighted by atomic mass is 9.85. The predicted molar refractivity (Wildman–Crippen MR) is 50.6 cm³/mol. The fourth-order valence-electron chi connectivity index (χ4n) is 3.00. The number of hydrogen-bond acceptors (Lipinski definition) is 3. The molecule has 0 amide bonds. The molecule has 0 aromatic rings. The van der Waals surface area contributed by atoms with Crippen molar-refractivity contribution < 1.29 is 14.3 Å². The molecular formula is C11H16O3. The molecule has 1 saturated carbocycles. The minimum atomic E-state index is -0.0528. The van der Waals surface area contributed by atoms with Gasteiger partial charge in [0.1, 0.15) is 12.4 Å².